The van der Waals surface area contributed by atoms with Crippen LogP contribution in [0.15, 0.2) is 42.6 Å². The number of Topliss-reactive ketones (excluding diaryl/α,β-unsaturated/α-hetero) is 1. The molecule has 2 rings (SSSR count). The maximum Gasteiger partial charge on any atom is 0.164 e. The highest BCUT2D eigenvalue weighted by Crippen LogP contribution is 2.25. The lowest BCUT2D eigenvalue weighted by Gasteiger charge is -2.08. The number of pyridine rings is 1. The Morgan fingerprint density at radius 2 is 1.86 bits per heavy atom. The summed E-state index contributed by atoms with van der Waals surface area (Å²) in [5.74, 6) is 1.98. The number of benzene rings is 1. The molecule has 2 aromatic rings. The number of ketones is 1. The molecule has 0 saturated carbocycles. The Kier molecular flexibility index (Phi) is 5.29. The molecule has 0 unspecified atom stereocenters. The van der Waals surface area contributed by atoms with Gasteiger partial charge in [0, 0.05) is 25.4 Å². The average molecular weight is 287 g/mol. The maximum absolute atomic E-state index is 11.5. The fourth-order valence-electron chi connectivity index (χ4n) is 1.83. The van der Waals surface area contributed by atoms with E-state index >= 15 is 0 Å². The van der Waals surface area contributed by atoms with E-state index in [1.807, 2.05) is 18.2 Å². The first-order valence-electron chi connectivity index (χ1n) is 6.48. The molecule has 0 aliphatic rings. The SMILES string of the molecule is COCC(=O)Cc1cc(Oc2cccc(OC)c2)ccn1. The molecule has 5 nitrogen and oxygen atoms in total. The van der Waals surface area contributed by atoms with E-state index in [9.17, 15) is 4.79 Å². The minimum absolute atomic E-state index is 0.0245. The zero-order valence-electron chi connectivity index (χ0n) is 12.0. The van der Waals surface area contributed by atoms with Crippen LogP contribution in [0.25, 0.3) is 0 Å². The van der Waals surface area contributed by atoms with Gasteiger partial charge in [0.2, 0.25) is 0 Å². The standard InChI is InChI=1S/C16H17NO4/c1-19-11-13(18)8-12-9-16(6-7-17-12)21-15-5-3-4-14(10-15)20-2/h3-7,9-10H,8,11H2,1-2H3. The van der Waals surface area contributed by atoms with Crippen LogP contribution in [0.1, 0.15) is 5.69 Å². The van der Waals surface area contributed by atoms with Crippen molar-refractivity contribution in [3.63, 3.8) is 0 Å². The maximum atomic E-state index is 11.5. The summed E-state index contributed by atoms with van der Waals surface area (Å²) in [4.78, 5) is 15.7. The molecule has 1 heterocycles. The van der Waals surface area contributed by atoms with E-state index in [2.05, 4.69) is 4.98 Å². The number of methoxy groups -OCH3 is 2. The molecule has 5 heteroatoms. The molecule has 1 aromatic carbocycles. The smallest absolute Gasteiger partial charge is 0.164 e. The van der Waals surface area contributed by atoms with Gasteiger partial charge in [0.25, 0.3) is 0 Å². The summed E-state index contributed by atoms with van der Waals surface area (Å²) in [7, 11) is 3.10. The van der Waals surface area contributed by atoms with E-state index in [-0.39, 0.29) is 18.8 Å². The van der Waals surface area contributed by atoms with Crippen molar-refractivity contribution in [3.05, 3.63) is 48.3 Å². The van der Waals surface area contributed by atoms with Crippen molar-refractivity contribution in [2.24, 2.45) is 0 Å². The zero-order chi connectivity index (χ0) is 15.1. The molecular weight excluding hydrogens is 270 g/mol. The Bertz CT molecular complexity index is 613. The number of rotatable bonds is 7. The van der Waals surface area contributed by atoms with Crippen molar-refractivity contribution in [1.82, 2.24) is 4.98 Å². The summed E-state index contributed by atoms with van der Waals surface area (Å²) < 4.78 is 15.7. The lowest BCUT2D eigenvalue weighted by atomic mass is 10.2. The lowest BCUT2D eigenvalue weighted by Crippen LogP contribution is -2.10. The Balaban J connectivity index is 2.08. The van der Waals surface area contributed by atoms with E-state index in [0.29, 0.717) is 17.2 Å². The van der Waals surface area contributed by atoms with Crippen molar-refractivity contribution in [3.8, 4) is 17.2 Å². The molecule has 0 aliphatic carbocycles. The molecule has 21 heavy (non-hydrogen) atoms. The number of ether oxygens (including phenoxy) is 3. The average Bonchev–Trinajstić information content (AvgIpc) is 2.48. The quantitative estimate of drug-likeness (QED) is 0.783. The monoisotopic (exact) mass is 287 g/mol. The minimum Gasteiger partial charge on any atom is -0.497 e. The second-order valence-corrected chi connectivity index (χ2v) is 4.41. The van der Waals surface area contributed by atoms with Crippen LogP contribution in [-0.2, 0) is 16.0 Å². The van der Waals surface area contributed by atoms with Crippen molar-refractivity contribution in [2.45, 2.75) is 6.42 Å². The van der Waals surface area contributed by atoms with Gasteiger partial charge in [-0.2, -0.15) is 0 Å². The third-order valence-electron chi connectivity index (χ3n) is 2.75. The van der Waals surface area contributed by atoms with Crippen LogP contribution in [0.3, 0.4) is 0 Å². The molecule has 0 saturated heterocycles. The Morgan fingerprint density at radius 3 is 2.62 bits per heavy atom. The topological polar surface area (TPSA) is 57.7 Å². The number of nitrogens with zero attached hydrogens (tertiary/aromatic N) is 1. The van der Waals surface area contributed by atoms with Crippen molar-refractivity contribution in [1.29, 1.82) is 0 Å². The summed E-state index contributed by atoms with van der Waals surface area (Å²) in [6, 6.07) is 10.8. The van der Waals surface area contributed by atoms with Gasteiger partial charge >= 0.3 is 0 Å². The third kappa shape index (κ3) is 4.57. The third-order valence-corrected chi connectivity index (χ3v) is 2.75. The van der Waals surface area contributed by atoms with E-state index < -0.39 is 0 Å². The predicted molar refractivity (Wildman–Crippen MR) is 77.9 cm³/mol. The van der Waals surface area contributed by atoms with Gasteiger partial charge in [0.1, 0.15) is 23.9 Å². The summed E-state index contributed by atoms with van der Waals surface area (Å²) in [6.45, 7) is 0.0860. The number of carbonyl (C=O) groups is 1. The van der Waals surface area contributed by atoms with E-state index in [0.717, 1.165) is 5.75 Å². The van der Waals surface area contributed by atoms with Gasteiger partial charge in [-0.15, -0.1) is 0 Å². The first-order valence-corrected chi connectivity index (χ1v) is 6.48. The van der Waals surface area contributed by atoms with Gasteiger partial charge in [0.05, 0.1) is 19.2 Å². The van der Waals surface area contributed by atoms with Crippen LogP contribution in [0, 0.1) is 0 Å². The molecule has 0 radical (unpaired) electrons. The van der Waals surface area contributed by atoms with Gasteiger partial charge < -0.3 is 14.2 Å². The van der Waals surface area contributed by atoms with E-state index in [4.69, 9.17) is 14.2 Å². The largest absolute Gasteiger partial charge is 0.497 e. The highest BCUT2D eigenvalue weighted by atomic mass is 16.5. The molecule has 1 aromatic heterocycles. The highest BCUT2D eigenvalue weighted by molar-refractivity contribution is 5.81. The highest BCUT2D eigenvalue weighted by Gasteiger charge is 2.06. The molecule has 0 N–H and O–H groups in total. The Labute approximate surface area is 123 Å². The number of aromatic nitrogens is 1. The number of hydrogen-bond donors (Lipinski definition) is 0. The molecule has 0 aliphatic heterocycles. The molecule has 110 valence electrons. The zero-order valence-corrected chi connectivity index (χ0v) is 12.0. The van der Waals surface area contributed by atoms with Crippen LogP contribution in [-0.4, -0.2) is 31.6 Å². The van der Waals surface area contributed by atoms with E-state index in [1.54, 1.807) is 31.5 Å². The van der Waals surface area contributed by atoms with Crippen LogP contribution in [0.2, 0.25) is 0 Å². The Hall–Kier alpha value is -2.40. The molecule has 0 atom stereocenters. The Morgan fingerprint density at radius 1 is 1.10 bits per heavy atom. The van der Waals surface area contributed by atoms with Gasteiger partial charge in [0.15, 0.2) is 5.78 Å². The molecule has 0 bridgehead atoms. The van der Waals surface area contributed by atoms with Crippen molar-refractivity contribution in [2.75, 3.05) is 20.8 Å². The summed E-state index contributed by atoms with van der Waals surface area (Å²) >= 11 is 0. The van der Waals surface area contributed by atoms with Crippen LogP contribution >= 0.6 is 0 Å². The normalized spacial score (nSPS) is 10.2. The predicted octanol–water partition coefficient (Wildman–Crippen LogP) is 2.64. The summed E-state index contributed by atoms with van der Waals surface area (Å²) in [6.07, 6.45) is 1.84. The summed E-state index contributed by atoms with van der Waals surface area (Å²) in [5.41, 5.74) is 0.650. The molecule has 0 spiro atoms. The van der Waals surface area contributed by atoms with Gasteiger partial charge in [-0.1, -0.05) is 6.07 Å². The second kappa shape index (κ2) is 7.40. The summed E-state index contributed by atoms with van der Waals surface area (Å²) in [5, 5.41) is 0. The number of hydrogen-bond acceptors (Lipinski definition) is 5. The second-order valence-electron chi connectivity index (χ2n) is 4.41. The van der Waals surface area contributed by atoms with Crippen molar-refractivity contribution < 1.29 is 19.0 Å². The van der Waals surface area contributed by atoms with Crippen LogP contribution < -0.4 is 9.47 Å². The fraction of sp³-hybridized carbons (Fsp3) is 0.250. The van der Waals surface area contributed by atoms with Gasteiger partial charge in [-0.25, -0.2) is 0 Å². The molecule has 0 amide bonds. The first-order chi connectivity index (χ1) is 10.2. The van der Waals surface area contributed by atoms with Crippen LogP contribution in [0.4, 0.5) is 0 Å². The lowest BCUT2D eigenvalue weighted by molar-refractivity contribution is -0.122. The molecule has 0 fully saturated rings. The fourth-order valence-corrected chi connectivity index (χ4v) is 1.83. The minimum atomic E-state index is -0.0245. The number of carbonyl (C=O) groups excluding carboxylic acids is 1. The van der Waals surface area contributed by atoms with Gasteiger partial charge in [-0.3, -0.25) is 9.78 Å². The first kappa shape index (κ1) is 15.0. The molecular formula is C16H17NO4. The van der Waals surface area contributed by atoms with Crippen LogP contribution in [0.5, 0.6) is 17.2 Å². The van der Waals surface area contributed by atoms with Crippen molar-refractivity contribution >= 4 is 5.78 Å². The van der Waals surface area contributed by atoms with Gasteiger partial charge in [-0.05, 0) is 18.2 Å². The van der Waals surface area contributed by atoms with E-state index in [1.165, 1.54) is 7.11 Å².